The fourth-order valence-electron chi connectivity index (χ4n) is 2.27. The summed E-state index contributed by atoms with van der Waals surface area (Å²) in [6.07, 6.45) is 5.20. The molecule has 0 bridgehead atoms. The van der Waals surface area contributed by atoms with Crippen LogP contribution in [-0.4, -0.2) is 21.4 Å². The molecule has 3 rings (SSSR count). The van der Waals surface area contributed by atoms with Gasteiger partial charge in [0.2, 0.25) is 0 Å². The van der Waals surface area contributed by atoms with Gasteiger partial charge in [0, 0.05) is 22.6 Å². The Morgan fingerprint density at radius 2 is 2.15 bits per heavy atom. The molecule has 0 saturated heterocycles. The molecule has 5 heteroatoms. The second-order valence-electron chi connectivity index (χ2n) is 5.14. The van der Waals surface area contributed by atoms with Crippen molar-refractivity contribution in [3.63, 3.8) is 0 Å². The van der Waals surface area contributed by atoms with Crippen LogP contribution in [0.25, 0.3) is 0 Å². The maximum absolute atomic E-state index is 12.5. The van der Waals surface area contributed by atoms with Gasteiger partial charge >= 0.3 is 0 Å². The highest BCUT2D eigenvalue weighted by Crippen LogP contribution is 2.42. The lowest BCUT2D eigenvalue weighted by Crippen LogP contribution is -2.04. The molecule has 1 heterocycles. The topological polar surface area (TPSA) is 60.2 Å². The van der Waals surface area contributed by atoms with E-state index in [0.29, 0.717) is 27.7 Å². The number of nitrogens with zero attached hydrogens (tertiary/aromatic N) is 1. The highest BCUT2D eigenvalue weighted by Gasteiger charge is 2.32. The third-order valence-electron chi connectivity index (χ3n) is 3.55. The van der Waals surface area contributed by atoms with E-state index in [1.807, 2.05) is 13.0 Å². The van der Waals surface area contributed by atoms with E-state index in [0.717, 1.165) is 18.4 Å². The smallest absolute Gasteiger partial charge is 0.198 e. The summed E-state index contributed by atoms with van der Waals surface area (Å²) in [5.41, 5.74) is 1.99. The van der Waals surface area contributed by atoms with Crippen LogP contribution < -0.4 is 0 Å². The SMILES string of the molecule is Cc1ccc(C(=O)c2cnoc2C2CC2)cc1S(C)=O. The Bertz CT molecular complexity index is 701. The Morgan fingerprint density at radius 1 is 1.40 bits per heavy atom. The van der Waals surface area contributed by atoms with Crippen molar-refractivity contribution in [1.29, 1.82) is 0 Å². The quantitative estimate of drug-likeness (QED) is 0.812. The molecule has 0 N–H and O–H groups in total. The van der Waals surface area contributed by atoms with Crippen LogP contribution in [0.1, 0.15) is 46.0 Å². The van der Waals surface area contributed by atoms with Crippen molar-refractivity contribution in [2.45, 2.75) is 30.6 Å². The zero-order chi connectivity index (χ0) is 14.3. The van der Waals surface area contributed by atoms with Gasteiger partial charge < -0.3 is 4.52 Å². The minimum absolute atomic E-state index is 0.111. The van der Waals surface area contributed by atoms with Gasteiger partial charge in [0.25, 0.3) is 0 Å². The Balaban J connectivity index is 2.00. The first-order valence-corrected chi connectivity index (χ1v) is 8.07. The molecule has 1 aromatic carbocycles. The molecule has 0 aliphatic heterocycles. The molecule has 1 atom stereocenters. The Morgan fingerprint density at radius 3 is 2.80 bits per heavy atom. The van der Waals surface area contributed by atoms with Crippen molar-refractivity contribution < 1.29 is 13.5 Å². The van der Waals surface area contributed by atoms with E-state index in [-0.39, 0.29) is 5.78 Å². The molecule has 104 valence electrons. The summed E-state index contributed by atoms with van der Waals surface area (Å²) in [4.78, 5) is 13.2. The van der Waals surface area contributed by atoms with E-state index in [1.165, 1.54) is 6.20 Å². The number of aromatic nitrogens is 1. The molecule has 4 nitrogen and oxygen atoms in total. The van der Waals surface area contributed by atoms with Crippen molar-refractivity contribution in [3.8, 4) is 0 Å². The first kappa shape index (κ1) is 13.2. The number of hydrogen-bond donors (Lipinski definition) is 0. The van der Waals surface area contributed by atoms with Gasteiger partial charge in [-0.2, -0.15) is 0 Å². The van der Waals surface area contributed by atoms with Gasteiger partial charge in [-0.1, -0.05) is 17.3 Å². The summed E-state index contributed by atoms with van der Waals surface area (Å²) in [7, 11) is -1.11. The van der Waals surface area contributed by atoms with Crippen LogP contribution in [0, 0.1) is 6.92 Å². The predicted octanol–water partition coefficient (Wildman–Crippen LogP) is 2.83. The van der Waals surface area contributed by atoms with Crippen molar-refractivity contribution in [1.82, 2.24) is 5.16 Å². The molecule has 1 fully saturated rings. The van der Waals surface area contributed by atoms with Gasteiger partial charge in [0.05, 0.1) is 22.6 Å². The average molecular weight is 289 g/mol. The van der Waals surface area contributed by atoms with Gasteiger partial charge in [-0.3, -0.25) is 9.00 Å². The number of aryl methyl sites for hydroxylation is 1. The Labute approximate surface area is 119 Å². The fourth-order valence-corrected chi connectivity index (χ4v) is 3.08. The van der Waals surface area contributed by atoms with E-state index < -0.39 is 10.8 Å². The van der Waals surface area contributed by atoms with Crippen LogP contribution in [0.15, 0.2) is 33.8 Å². The predicted molar refractivity (Wildman–Crippen MR) is 75.4 cm³/mol. The van der Waals surface area contributed by atoms with Crippen LogP contribution in [0.2, 0.25) is 0 Å². The first-order chi connectivity index (χ1) is 9.58. The van der Waals surface area contributed by atoms with E-state index >= 15 is 0 Å². The molecule has 1 unspecified atom stereocenters. The van der Waals surface area contributed by atoms with Crippen molar-refractivity contribution in [2.24, 2.45) is 0 Å². The molecular weight excluding hydrogens is 274 g/mol. The maximum atomic E-state index is 12.5. The first-order valence-electron chi connectivity index (χ1n) is 6.51. The molecule has 1 aliphatic carbocycles. The zero-order valence-corrected chi connectivity index (χ0v) is 12.2. The number of rotatable bonds is 4. The van der Waals surface area contributed by atoms with Crippen LogP contribution in [0.4, 0.5) is 0 Å². The summed E-state index contributed by atoms with van der Waals surface area (Å²) in [5, 5.41) is 3.75. The molecule has 0 amide bonds. The number of ketones is 1. The second kappa shape index (κ2) is 4.98. The minimum atomic E-state index is -1.11. The van der Waals surface area contributed by atoms with Crippen molar-refractivity contribution in [3.05, 3.63) is 46.8 Å². The molecule has 1 saturated carbocycles. The zero-order valence-electron chi connectivity index (χ0n) is 11.4. The Kier molecular flexibility index (Phi) is 3.30. The lowest BCUT2D eigenvalue weighted by atomic mass is 10.0. The van der Waals surface area contributed by atoms with Gasteiger partial charge in [-0.25, -0.2) is 0 Å². The highest BCUT2D eigenvalue weighted by atomic mass is 32.2. The lowest BCUT2D eigenvalue weighted by molar-refractivity contribution is 0.103. The van der Waals surface area contributed by atoms with Crippen LogP contribution in [0.3, 0.4) is 0 Å². The van der Waals surface area contributed by atoms with Crippen LogP contribution in [-0.2, 0) is 10.8 Å². The van der Waals surface area contributed by atoms with E-state index in [9.17, 15) is 9.00 Å². The summed E-state index contributed by atoms with van der Waals surface area (Å²) in [6, 6.07) is 5.30. The molecular formula is C15H15NO3S. The summed E-state index contributed by atoms with van der Waals surface area (Å²) >= 11 is 0. The Hall–Kier alpha value is -1.75. The van der Waals surface area contributed by atoms with Gasteiger partial charge in [-0.05, 0) is 31.4 Å². The third kappa shape index (κ3) is 2.33. The standard InChI is InChI=1S/C15H15NO3S/c1-9-3-4-11(7-13(9)20(2)18)14(17)12-8-16-19-15(12)10-5-6-10/h3-4,7-8,10H,5-6H2,1-2H3. The number of carbonyl (C=O) groups is 1. The van der Waals surface area contributed by atoms with E-state index in [2.05, 4.69) is 5.16 Å². The monoisotopic (exact) mass is 289 g/mol. The maximum Gasteiger partial charge on any atom is 0.198 e. The normalized spacial score (nSPS) is 16.1. The summed E-state index contributed by atoms with van der Waals surface area (Å²) < 4.78 is 16.9. The van der Waals surface area contributed by atoms with Gasteiger partial charge in [0.1, 0.15) is 0 Å². The summed E-state index contributed by atoms with van der Waals surface area (Å²) in [5.74, 6) is 0.913. The van der Waals surface area contributed by atoms with Crippen molar-refractivity contribution in [2.75, 3.05) is 6.26 Å². The van der Waals surface area contributed by atoms with Crippen molar-refractivity contribution >= 4 is 16.6 Å². The molecule has 2 aromatic rings. The largest absolute Gasteiger partial charge is 0.360 e. The van der Waals surface area contributed by atoms with Gasteiger partial charge in [0.15, 0.2) is 11.5 Å². The minimum Gasteiger partial charge on any atom is -0.360 e. The number of benzene rings is 1. The average Bonchev–Trinajstić information content (AvgIpc) is 3.15. The fraction of sp³-hybridized carbons (Fsp3) is 0.333. The third-order valence-corrected chi connectivity index (χ3v) is 4.61. The van der Waals surface area contributed by atoms with Crippen LogP contribution >= 0.6 is 0 Å². The summed E-state index contributed by atoms with van der Waals surface area (Å²) in [6.45, 7) is 1.89. The van der Waals surface area contributed by atoms with E-state index in [1.54, 1.807) is 18.4 Å². The molecule has 0 spiro atoms. The molecule has 1 aromatic heterocycles. The molecule has 0 radical (unpaired) electrons. The number of carbonyl (C=O) groups excluding carboxylic acids is 1. The molecule has 1 aliphatic rings. The second-order valence-corrected chi connectivity index (χ2v) is 6.49. The molecule has 20 heavy (non-hydrogen) atoms. The lowest BCUT2D eigenvalue weighted by Gasteiger charge is -2.05. The number of hydrogen-bond acceptors (Lipinski definition) is 4. The van der Waals surface area contributed by atoms with E-state index in [4.69, 9.17) is 4.52 Å². The highest BCUT2D eigenvalue weighted by molar-refractivity contribution is 7.84. The van der Waals surface area contributed by atoms with Crippen LogP contribution in [0.5, 0.6) is 0 Å². The van der Waals surface area contributed by atoms with Gasteiger partial charge in [-0.15, -0.1) is 0 Å².